The first-order valence-electron chi connectivity index (χ1n) is 19.2. The molecule has 41 heavy (non-hydrogen) atoms. The second-order valence-corrected chi connectivity index (χ2v) is 8.54. The number of benzene rings is 2. The van der Waals surface area contributed by atoms with Crippen molar-refractivity contribution in [3.05, 3.63) is 79.0 Å². The number of amides is 1. The number of nitrogens with zero attached hydrogens (tertiary/aromatic N) is 6. The minimum absolute atomic E-state index is 0.0349. The average Bonchev–Trinajstić information content (AvgIpc) is 3.47. The van der Waals surface area contributed by atoms with Crippen molar-refractivity contribution in [1.29, 1.82) is 0 Å². The summed E-state index contributed by atoms with van der Waals surface area (Å²) < 4.78 is 126. The predicted octanol–water partition coefficient (Wildman–Crippen LogP) is 4.10. The van der Waals surface area contributed by atoms with E-state index in [2.05, 4.69) is 32.3 Å². The van der Waals surface area contributed by atoms with Gasteiger partial charge in [0.15, 0.2) is 5.82 Å². The van der Waals surface area contributed by atoms with Gasteiger partial charge in [-0.2, -0.15) is 10.1 Å². The van der Waals surface area contributed by atoms with Crippen LogP contribution < -0.4 is 20.3 Å². The molecule has 0 saturated carbocycles. The maximum Gasteiger partial charge on any atom is 0.247 e. The van der Waals surface area contributed by atoms with Crippen LogP contribution in [-0.4, -0.2) is 77.9 Å². The van der Waals surface area contributed by atoms with Crippen molar-refractivity contribution in [3.8, 4) is 22.8 Å². The number of methoxy groups -OCH3 is 1. The van der Waals surface area contributed by atoms with Crippen LogP contribution >= 0.6 is 0 Å². The van der Waals surface area contributed by atoms with E-state index in [1.54, 1.807) is 0 Å². The van der Waals surface area contributed by atoms with E-state index < -0.39 is 79.6 Å². The fourth-order valence-corrected chi connectivity index (χ4v) is 3.98. The standard InChI is InChI=1S/C30H34N8O3/c1-5-28(39)32-23-17-24(26(40-4)18-25(23)37-13-15-41-16-14-37)33-30-31-12-11-27(34-30)38-20-22(19-36(2)3)29(35-38)21-9-7-6-8-10-21/h5-12,17-18,20H,1,13-16,19H2,2-4H3,(H,32,39)(H,31,33,34)/i2D3,4D3,6D,7D,8D,9D,10D,19D2,20D. The molecule has 0 aliphatic carbocycles. The molecule has 1 fully saturated rings. The maximum absolute atomic E-state index is 12.4. The Morgan fingerprint density at radius 2 is 2.12 bits per heavy atom. The van der Waals surface area contributed by atoms with Crippen molar-refractivity contribution in [2.75, 3.05) is 62.9 Å². The van der Waals surface area contributed by atoms with Crippen LogP contribution in [0, 0.1) is 0 Å². The number of carbonyl (C=O) groups is 1. The molecule has 5 rings (SSSR count). The molecular weight excluding hydrogens is 520 g/mol. The zero-order chi connectivity index (χ0) is 40.8. The molecule has 1 aliphatic rings. The first kappa shape index (κ1) is 15.3. The summed E-state index contributed by atoms with van der Waals surface area (Å²) in [6.45, 7) is -1.06. The molecule has 1 amide bonds. The number of rotatable bonds is 10. The predicted molar refractivity (Wildman–Crippen MR) is 160 cm³/mol. The second-order valence-electron chi connectivity index (χ2n) is 8.54. The largest absolute Gasteiger partial charge is 0.494 e. The Labute approximate surface area is 259 Å². The highest BCUT2D eigenvalue weighted by atomic mass is 16.5. The number of hydrogen-bond donors (Lipinski definition) is 2. The Balaban J connectivity index is 1.69. The number of carbonyl (C=O) groups excluding carboxylic acids is 1. The molecule has 11 nitrogen and oxygen atoms in total. The summed E-state index contributed by atoms with van der Waals surface area (Å²) in [4.78, 5) is 23.2. The summed E-state index contributed by atoms with van der Waals surface area (Å²) in [5, 5.41) is 9.80. The van der Waals surface area contributed by atoms with Crippen molar-refractivity contribution >= 4 is 28.9 Å². The topological polar surface area (TPSA) is 110 Å². The Kier molecular flexibility index (Phi) is 4.71. The molecule has 0 radical (unpaired) electrons. The highest BCUT2D eigenvalue weighted by Gasteiger charge is 2.20. The normalized spacial score (nSPS) is 19.1. The van der Waals surface area contributed by atoms with Crippen molar-refractivity contribution in [2.45, 2.75) is 6.50 Å². The van der Waals surface area contributed by atoms with Gasteiger partial charge in [0.05, 0.1) is 55.3 Å². The molecule has 2 N–H and O–H groups in total. The van der Waals surface area contributed by atoms with Gasteiger partial charge < -0.3 is 29.9 Å². The third-order valence-electron chi connectivity index (χ3n) is 5.78. The van der Waals surface area contributed by atoms with E-state index in [1.165, 1.54) is 24.4 Å². The number of nitrogens with one attached hydrogen (secondary N) is 2. The molecule has 1 aliphatic heterocycles. The van der Waals surface area contributed by atoms with Crippen molar-refractivity contribution in [1.82, 2.24) is 24.6 Å². The lowest BCUT2D eigenvalue weighted by atomic mass is 10.1. The minimum atomic E-state index is -3.06. The van der Waals surface area contributed by atoms with E-state index in [1.807, 2.05) is 4.90 Å². The van der Waals surface area contributed by atoms with Crippen LogP contribution in [0.1, 0.15) is 24.8 Å². The third kappa shape index (κ3) is 6.53. The summed E-state index contributed by atoms with van der Waals surface area (Å²) in [6.07, 6.45) is 1.46. The minimum Gasteiger partial charge on any atom is -0.494 e. The SMILES string of the molecule is [2H]c1c([2H])c([2H])c(-c2nn(-c3ccnc(Nc4cc(NC(=O)C=C)c(N5CCOCC5)cc4OC([2H])([2H])[2H])n3)c([2H])c2C([2H])([2H])N(C)C([2H])([2H])[2H])c([2H])c1[2H]. The molecule has 0 bridgehead atoms. The van der Waals surface area contributed by atoms with E-state index in [0.29, 0.717) is 36.9 Å². The number of ether oxygens (including phenoxy) is 2. The van der Waals surface area contributed by atoms with Crippen LogP contribution in [0.4, 0.5) is 23.0 Å². The highest BCUT2D eigenvalue weighted by molar-refractivity contribution is 6.02. The zero-order valence-electron chi connectivity index (χ0n) is 35.8. The van der Waals surface area contributed by atoms with Gasteiger partial charge in [-0.1, -0.05) is 36.8 Å². The van der Waals surface area contributed by atoms with Crippen LogP contribution in [0.5, 0.6) is 5.75 Å². The van der Waals surface area contributed by atoms with E-state index in [-0.39, 0.29) is 28.9 Å². The lowest BCUT2D eigenvalue weighted by molar-refractivity contribution is -0.111. The first-order valence-corrected chi connectivity index (χ1v) is 12.2. The molecular formula is C30H34N8O3. The van der Waals surface area contributed by atoms with Crippen molar-refractivity contribution < 1.29 is 33.5 Å². The lowest BCUT2D eigenvalue weighted by Crippen LogP contribution is -2.36. The maximum atomic E-state index is 12.4. The van der Waals surface area contributed by atoms with Gasteiger partial charge in [0.1, 0.15) is 5.75 Å². The Morgan fingerprint density at radius 1 is 1.29 bits per heavy atom. The van der Waals surface area contributed by atoms with Crippen LogP contribution in [0.3, 0.4) is 0 Å². The molecule has 1 saturated heterocycles. The number of anilines is 4. The quantitative estimate of drug-likeness (QED) is 0.273. The van der Waals surface area contributed by atoms with Crippen LogP contribution in [0.2, 0.25) is 0 Å². The fraction of sp³-hybridized carbons (Fsp3) is 0.267. The molecule has 11 heteroatoms. The van der Waals surface area contributed by atoms with Gasteiger partial charge in [0.2, 0.25) is 11.9 Å². The smallest absolute Gasteiger partial charge is 0.247 e. The van der Waals surface area contributed by atoms with E-state index in [0.717, 1.165) is 17.8 Å². The van der Waals surface area contributed by atoms with E-state index >= 15 is 0 Å². The van der Waals surface area contributed by atoms with Crippen LogP contribution in [0.25, 0.3) is 17.1 Å². The zero-order valence-corrected chi connectivity index (χ0v) is 21.8. The summed E-state index contributed by atoms with van der Waals surface area (Å²) in [5.74, 6) is -1.26. The van der Waals surface area contributed by atoms with Crippen LogP contribution in [-0.2, 0) is 16.0 Å². The average molecular weight is 569 g/mol. The summed E-state index contributed by atoms with van der Waals surface area (Å²) >= 11 is 0. The molecule has 2 aromatic carbocycles. The number of aromatic nitrogens is 4. The Bertz CT molecular complexity index is 2110. The molecule has 2 aromatic heterocycles. The van der Waals surface area contributed by atoms with Gasteiger partial charge in [-0.05, 0) is 26.2 Å². The van der Waals surface area contributed by atoms with Gasteiger partial charge in [-0.25, -0.2) is 9.67 Å². The Morgan fingerprint density at radius 3 is 2.88 bits per heavy atom. The fourth-order valence-electron chi connectivity index (χ4n) is 3.98. The number of hydrogen-bond acceptors (Lipinski definition) is 9. The molecule has 0 unspecified atom stereocenters. The van der Waals surface area contributed by atoms with Gasteiger partial charge in [0.25, 0.3) is 0 Å². The monoisotopic (exact) mass is 568 g/mol. The molecule has 212 valence electrons. The second kappa shape index (κ2) is 12.6. The lowest BCUT2D eigenvalue weighted by Gasteiger charge is -2.31. The van der Waals surface area contributed by atoms with Crippen molar-refractivity contribution in [2.24, 2.45) is 0 Å². The van der Waals surface area contributed by atoms with Crippen molar-refractivity contribution in [3.63, 3.8) is 0 Å². The third-order valence-corrected chi connectivity index (χ3v) is 5.78. The molecule has 0 spiro atoms. The van der Waals surface area contributed by atoms with Gasteiger partial charge in [-0.3, -0.25) is 4.79 Å². The van der Waals surface area contributed by atoms with Gasteiger partial charge >= 0.3 is 0 Å². The number of morpholine rings is 1. The van der Waals surface area contributed by atoms with E-state index in [9.17, 15) is 4.79 Å². The summed E-state index contributed by atoms with van der Waals surface area (Å²) in [6, 6.07) is 0.172. The van der Waals surface area contributed by atoms with Gasteiger partial charge in [-0.15, -0.1) is 0 Å². The molecule has 0 atom stereocenters. The highest BCUT2D eigenvalue weighted by Crippen LogP contribution is 2.38. The summed E-state index contributed by atoms with van der Waals surface area (Å²) in [5.41, 5.74) is -1.34. The summed E-state index contributed by atoms with van der Waals surface area (Å²) in [7, 11) is -2.00. The Hall–Kier alpha value is -4.74. The van der Waals surface area contributed by atoms with E-state index in [4.69, 9.17) is 28.7 Å². The van der Waals surface area contributed by atoms with Crippen LogP contribution in [0.15, 0.2) is 73.4 Å². The molecule has 3 heterocycles. The molecule has 4 aromatic rings. The first-order chi connectivity index (χ1) is 25.6. The van der Waals surface area contributed by atoms with Gasteiger partial charge in [0, 0.05) is 62.1 Å².